The Kier molecular flexibility index (Phi) is 6.63. The summed E-state index contributed by atoms with van der Waals surface area (Å²) in [5, 5.41) is 0. The highest BCUT2D eigenvalue weighted by molar-refractivity contribution is 5.65. The smallest absolute Gasteiger partial charge is 0.194 e. The molecule has 1 fully saturated rings. The second kappa shape index (κ2) is 9.43. The Morgan fingerprint density at radius 3 is 1.88 bits per heavy atom. The van der Waals surface area contributed by atoms with Crippen LogP contribution < -0.4 is 0 Å². The minimum Gasteiger partial charge on any atom is -0.204 e. The van der Waals surface area contributed by atoms with E-state index in [1.165, 1.54) is 0 Å². The average molecular weight is 444 g/mol. The summed E-state index contributed by atoms with van der Waals surface area (Å²) in [7, 11) is 0. The first-order chi connectivity index (χ1) is 15.3. The van der Waals surface area contributed by atoms with Crippen molar-refractivity contribution in [3.05, 3.63) is 94.3 Å². The van der Waals surface area contributed by atoms with E-state index in [4.69, 9.17) is 0 Å². The monoisotopic (exact) mass is 444 g/mol. The Labute approximate surface area is 185 Å². The zero-order valence-corrected chi connectivity index (χ0v) is 17.9. The van der Waals surface area contributed by atoms with E-state index in [-0.39, 0.29) is 11.5 Å². The summed E-state index contributed by atoms with van der Waals surface area (Å²) in [5.74, 6) is -4.77. The van der Waals surface area contributed by atoms with Crippen LogP contribution in [0.4, 0.5) is 22.0 Å². The third-order valence-electron chi connectivity index (χ3n) is 6.58. The van der Waals surface area contributed by atoms with Crippen molar-refractivity contribution >= 4 is 0 Å². The Morgan fingerprint density at radius 2 is 1.25 bits per heavy atom. The van der Waals surface area contributed by atoms with E-state index in [0.29, 0.717) is 35.4 Å². The van der Waals surface area contributed by atoms with Crippen LogP contribution in [0.2, 0.25) is 0 Å². The summed E-state index contributed by atoms with van der Waals surface area (Å²) in [6.07, 6.45) is 4.63. The maximum Gasteiger partial charge on any atom is 0.194 e. The van der Waals surface area contributed by atoms with Gasteiger partial charge in [-0.1, -0.05) is 56.2 Å². The molecular weight excluding hydrogens is 419 g/mol. The molecule has 3 aromatic carbocycles. The van der Waals surface area contributed by atoms with Crippen LogP contribution in [0.1, 0.15) is 55.2 Å². The molecule has 0 radical (unpaired) electrons. The standard InChI is InChI=1S/C27H25F5/c1-16-2-8-19(9-3-16)21-12-13-22(26(31)25(21)30)20-10-6-17(7-11-20)4-5-18-14-23(28)27(32)24(29)15-18/h6-7,10-16,19H,2-5,8-9H2,1H3. The summed E-state index contributed by atoms with van der Waals surface area (Å²) in [6, 6.07) is 12.3. The molecule has 0 bridgehead atoms. The highest BCUT2D eigenvalue weighted by Gasteiger charge is 2.25. The first-order valence-corrected chi connectivity index (χ1v) is 11.0. The molecule has 0 unspecified atom stereocenters. The average Bonchev–Trinajstić information content (AvgIpc) is 2.79. The quantitative estimate of drug-likeness (QED) is 0.275. The predicted octanol–water partition coefficient (Wildman–Crippen LogP) is 8.13. The maximum absolute atomic E-state index is 14.9. The van der Waals surface area contributed by atoms with Gasteiger partial charge in [-0.05, 0) is 71.9 Å². The minimum absolute atomic E-state index is 0.0678. The lowest BCUT2D eigenvalue weighted by atomic mass is 9.79. The largest absolute Gasteiger partial charge is 0.204 e. The molecule has 0 nitrogen and oxygen atoms in total. The summed E-state index contributed by atoms with van der Waals surface area (Å²) < 4.78 is 69.5. The predicted molar refractivity (Wildman–Crippen MR) is 116 cm³/mol. The van der Waals surface area contributed by atoms with Crippen LogP contribution in [0.15, 0.2) is 48.5 Å². The molecule has 0 atom stereocenters. The number of hydrogen-bond acceptors (Lipinski definition) is 0. The van der Waals surface area contributed by atoms with Gasteiger partial charge in [0.25, 0.3) is 0 Å². The lowest BCUT2D eigenvalue weighted by molar-refractivity contribution is 0.339. The van der Waals surface area contributed by atoms with Crippen molar-refractivity contribution in [3.8, 4) is 11.1 Å². The molecule has 32 heavy (non-hydrogen) atoms. The normalized spacial score (nSPS) is 18.7. The van der Waals surface area contributed by atoms with Crippen LogP contribution in [0.5, 0.6) is 0 Å². The Bertz CT molecular complexity index is 1070. The molecule has 0 amide bonds. The Balaban J connectivity index is 1.47. The van der Waals surface area contributed by atoms with Crippen LogP contribution in [-0.4, -0.2) is 0 Å². The second-order valence-corrected chi connectivity index (χ2v) is 8.86. The van der Waals surface area contributed by atoms with Gasteiger partial charge in [-0.3, -0.25) is 0 Å². The van der Waals surface area contributed by atoms with Gasteiger partial charge >= 0.3 is 0 Å². The summed E-state index contributed by atoms with van der Waals surface area (Å²) in [4.78, 5) is 0. The molecule has 0 aliphatic heterocycles. The van der Waals surface area contributed by atoms with E-state index in [0.717, 1.165) is 43.4 Å². The van der Waals surface area contributed by atoms with E-state index in [1.807, 2.05) is 0 Å². The zero-order chi connectivity index (χ0) is 22.8. The van der Waals surface area contributed by atoms with Gasteiger partial charge < -0.3 is 0 Å². The zero-order valence-electron chi connectivity index (χ0n) is 17.9. The minimum atomic E-state index is -1.48. The molecule has 1 saturated carbocycles. The fourth-order valence-electron chi connectivity index (χ4n) is 4.57. The third kappa shape index (κ3) is 4.72. The van der Waals surface area contributed by atoms with Crippen molar-refractivity contribution in [1.29, 1.82) is 0 Å². The van der Waals surface area contributed by atoms with Gasteiger partial charge in [-0.2, -0.15) is 0 Å². The molecule has 168 valence electrons. The van der Waals surface area contributed by atoms with Gasteiger partial charge in [-0.15, -0.1) is 0 Å². The van der Waals surface area contributed by atoms with Gasteiger partial charge in [0, 0.05) is 5.56 Å². The highest BCUT2D eigenvalue weighted by atomic mass is 19.2. The fraction of sp³-hybridized carbons (Fsp3) is 0.333. The van der Waals surface area contributed by atoms with Gasteiger partial charge in [0.15, 0.2) is 29.1 Å². The second-order valence-electron chi connectivity index (χ2n) is 8.86. The molecule has 1 aliphatic carbocycles. The number of rotatable bonds is 5. The van der Waals surface area contributed by atoms with Crippen LogP contribution in [0.3, 0.4) is 0 Å². The first-order valence-electron chi connectivity index (χ1n) is 11.0. The summed E-state index contributed by atoms with van der Waals surface area (Å²) in [5.41, 5.74) is 2.46. The van der Waals surface area contributed by atoms with Crippen LogP contribution >= 0.6 is 0 Å². The Morgan fingerprint density at radius 1 is 0.656 bits per heavy atom. The summed E-state index contributed by atoms with van der Waals surface area (Å²) >= 11 is 0. The molecule has 0 aromatic heterocycles. The number of halogens is 5. The third-order valence-corrected chi connectivity index (χ3v) is 6.58. The van der Waals surface area contributed by atoms with Gasteiger partial charge in [0.1, 0.15) is 0 Å². The fourth-order valence-corrected chi connectivity index (χ4v) is 4.57. The first kappa shape index (κ1) is 22.5. The van der Waals surface area contributed by atoms with Crippen molar-refractivity contribution < 1.29 is 22.0 Å². The molecule has 0 heterocycles. The van der Waals surface area contributed by atoms with E-state index in [9.17, 15) is 22.0 Å². The van der Waals surface area contributed by atoms with Crippen LogP contribution in [-0.2, 0) is 12.8 Å². The maximum atomic E-state index is 14.9. The molecule has 0 N–H and O–H groups in total. The number of hydrogen-bond donors (Lipinski definition) is 0. The van der Waals surface area contributed by atoms with Crippen molar-refractivity contribution in [3.63, 3.8) is 0 Å². The van der Waals surface area contributed by atoms with E-state index < -0.39 is 29.1 Å². The summed E-state index contributed by atoms with van der Waals surface area (Å²) in [6.45, 7) is 2.19. The topological polar surface area (TPSA) is 0 Å². The number of aryl methyl sites for hydroxylation is 2. The highest BCUT2D eigenvalue weighted by Crippen LogP contribution is 2.38. The Hall–Kier alpha value is -2.69. The molecule has 0 spiro atoms. The van der Waals surface area contributed by atoms with Crippen molar-refractivity contribution in [2.24, 2.45) is 5.92 Å². The molecule has 3 aromatic rings. The van der Waals surface area contributed by atoms with Crippen LogP contribution in [0.25, 0.3) is 11.1 Å². The molecule has 5 heteroatoms. The van der Waals surface area contributed by atoms with Crippen LogP contribution in [0, 0.1) is 35.0 Å². The molecule has 4 rings (SSSR count). The number of benzene rings is 3. The lowest BCUT2D eigenvalue weighted by Gasteiger charge is -2.27. The van der Waals surface area contributed by atoms with Crippen molar-refractivity contribution in [2.75, 3.05) is 0 Å². The molecule has 0 saturated heterocycles. The van der Waals surface area contributed by atoms with Crippen molar-refractivity contribution in [2.45, 2.75) is 51.4 Å². The lowest BCUT2D eigenvalue weighted by Crippen LogP contribution is -2.13. The van der Waals surface area contributed by atoms with Gasteiger partial charge in [-0.25, -0.2) is 22.0 Å². The molecule has 1 aliphatic rings. The molecular formula is C27H25F5. The van der Waals surface area contributed by atoms with Crippen molar-refractivity contribution in [1.82, 2.24) is 0 Å². The SMILES string of the molecule is CC1CCC(c2ccc(-c3ccc(CCc4cc(F)c(F)c(F)c4)cc3)c(F)c2F)CC1. The van der Waals surface area contributed by atoms with Gasteiger partial charge in [0.05, 0.1) is 0 Å². The van der Waals surface area contributed by atoms with Gasteiger partial charge in [0.2, 0.25) is 0 Å². The van der Waals surface area contributed by atoms with E-state index in [1.54, 1.807) is 36.4 Å². The van der Waals surface area contributed by atoms with E-state index in [2.05, 4.69) is 6.92 Å². The van der Waals surface area contributed by atoms with E-state index >= 15 is 0 Å².